The highest BCUT2D eigenvalue weighted by molar-refractivity contribution is 5.82. The summed E-state index contributed by atoms with van der Waals surface area (Å²) in [5.74, 6) is -0.525. The molecule has 1 aliphatic rings. The lowest BCUT2D eigenvalue weighted by atomic mass is 10.1. The van der Waals surface area contributed by atoms with Crippen molar-refractivity contribution in [2.75, 3.05) is 40.0 Å². The molecule has 2 atom stereocenters. The maximum absolute atomic E-state index is 12.6. The molecule has 0 aromatic rings. The summed E-state index contributed by atoms with van der Waals surface area (Å²) < 4.78 is 48.0. The van der Waals surface area contributed by atoms with Crippen molar-refractivity contribution in [1.82, 2.24) is 10.2 Å². The van der Waals surface area contributed by atoms with Crippen LogP contribution in [-0.4, -0.2) is 69.1 Å². The van der Waals surface area contributed by atoms with Crippen molar-refractivity contribution in [2.45, 2.75) is 38.1 Å². The fourth-order valence-corrected chi connectivity index (χ4v) is 2.28. The summed E-state index contributed by atoms with van der Waals surface area (Å²) in [6, 6.07) is -0.607. The van der Waals surface area contributed by atoms with Crippen molar-refractivity contribution in [1.29, 1.82) is 0 Å². The molecule has 2 unspecified atom stereocenters. The van der Waals surface area contributed by atoms with E-state index in [2.05, 4.69) is 5.32 Å². The number of amides is 1. The lowest BCUT2D eigenvalue weighted by Crippen LogP contribution is -2.47. The molecule has 1 amide bonds. The largest absolute Gasteiger partial charge is 0.406 e. The van der Waals surface area contributed by atoms with Crippen molar-refractivity contribution in [2.24, 2.45) is 0 Å². The van der Waals surface area contributed by atoms with E-state index in [1.54, 1.807) is 0 Å². The highest BCUT2D eigenvalue weighted by Crippen LogP contribution is 2.19. The number of hydrogen-bond donors (Lipinski definition) is 1. The standard InChI is InChI=1S/C13H23F3N2O3/c1-3-21-6-4-5-18(9-13(14,15)16)12(19)11-7-10(20-2)8-17-11/h10-11,17H,3-9H2,1-2H3. The van der Waals surface area contributed by atoms with E-state index in [0.717, 1.165) is 4.90 Å². The van der Waals surface area contributed by atoms with Gasteiger partial charge in [-0.25, -0.2) is 0 Å². The second-order valence-electron chi connectivity index (χ2n) is 4.98. The number of carbonyl (C=O) groups excluding carboxylic acids is 1. The van der Waals surface area contributed by atoms with Crippen molar-refractivity contribution in [3.8, 4) is 0 Å². The Kier molecular flexibility index (Phi) is 7.41. The van der Waals surface area contributed by atoms with E-state index >= 15 is 0 Å². The number of hydrogen-bond acceptors (Lipinski definition) is 4. The number of ether oxygens (including phenoxy) is 2. The molecule has 1 fully saturated rings. The number of nitrogens with zero attached hydrogens (tertiary/aromatic N) is 1. The minimum Gasteiger partial charge on any atom is -0.382 e. The molecular weight excluding hydrogens is 289 g/mol. The van der Waals surface area contributed by atoms with Gasteiger partial charge in [-0.05, 0) is 19.8 Å². The van der Waals surface area contributed by atoms with E-state index < -0.39 is 24.7 Å². The summed E-state index contributed by atoms with van der Waals surface area (Å²) in [5.41, 5.74) is 0. The summed E-state index contributed by atoms with van der Waals surface area (Å²) in [6.07, 6.45) is -3.75. The van der Waals surface area contributed by atoms with Gasteiger partial charge in [-0.1, -0.05) is 0 Å². The van der Waals surface area contributed by atoms with Gasteiger partial charge in [0.15, 0.2) is 0 Å². The smallest absolute Gasteiger partial charge is 0.382 e. The highest BCUT2D eigenvalue weighted by Gasteiger charge is 2.37. The van der Waals surface area contributed by atoms with Crippen molar-refractivity contribution in [3.05, 3.63) is 0 Å². The van der Waals surface area contributed by atoms with Crippen LogP contribution in [0, 0.1) is 0 Å². The Morgan fingerprint density at radius 1 is 1.43 bits per heavy atom. The predicted molar refractivity (Wildman–Crippen MR) is 70.9 cm³/mol. The van der Waals surface area contributed by atoms with E-state index in [4.69, 9.17) is 9.47 Å². The van der Waals surface area contributed by atoms with Crippen LogP contribution >= 0.6 is 0 Å². The molecule has 0 spiro atoms. The van der Waals surface area contributed by atoms with Crippen LogP contribution in [0.5, 0.6) is 0 Å². The fraction of sp³-hybridized carbons (Fsp3) is 0.923. The Morgan fingerprint density at radius 3 is 2.67 bits per heavy atom. The van der Waals surface area contributed by atoms with Gasteiger partial charge in [0, 0.05) is 33.4 Å². The monoisotopic (exact) mass is 312 g/mol. The number of carbonyl (C=O) groups is 1. The summed E-state index contributed by atoms with van der Waals surface area (Å²) in [4.78, 5) is 13.1. The Bertz CT molecular complexity index is 326. The first-order chi connectivity index (χ1) is 9.87. The molecule has 21 heavy (non-hydrogen) atoms. The first-order valence-electron chi connectivity index (χ1n) is 7.06. The molecule has 0 radical (unpaired) electrons. The van der Waals surface area contributed by atoms with E-state index in [-0.39, 0.29) is 12.6 Å². The molecule has 5 nitrogen and oxygen atoms in total. The summed E-state index contributed by atoms with van der Waals surface area (Å²) in [5, 5.41) is 2.91. The van der Waals surface area contributed by atoms with E-state index in [1.807, 2.05) is 6.92 Å². The first-order valence-corrected chi connectivity index (χ1v) is 7.06. The van der Waals surface area contributed by atoms with E-state index in [1.165, 1.54) is 7.11 Å². The lowest BCUT2D eigenvalue weighted by Gasteiger charge is -2.26. The van der Waals surface area contributed by atoms with Gasteiger partial charge < -0.3 is 19.7 Å². The minimum absolute atomic E-state index is 0.0359. The average molecular weight is 312 g/mol. The topological polar surface area (TPSA) is 50.8 Å². The maximum atomic E-state index is 12.6. The molecule has 0 bridgehead atoms. The molecule has 8 heteroatoms. The molecule has 124 valence electrons. The zero-order valence-electron chi connectivity index (χ0n) is 12.4. The van der Waals surface area contributed by atoms with Crippen molar-refractivity contribution < 1.29 is 27.4 Å². The van der Waals surface area contributed by atoms with Crippen molar-refractivity contribution in [3.63, 3.8) is 0 Å². The van der Waals surface area contributed by atoms with Crippen molar-refractivity contribution >= 4 is 5.91 Å². The molecule has 1 heterocycles. The van der Waals surface area contributed by atoms with Gasteiger partial charge in [0.05, 0.1) is 12.1 Å². The molecule has 1 aliphatic heterocycles. The Hall–Kier alpha value is -0.860. The average Bonchev–Trinajstić information content (AvgIpc) is 2.89. The fourth-order valence-electron chi connectivity index (χ4n) is 2.28. The summed E-state index contributed by atoms with van der Waals surface area (Å²) in [6.45, 7) is 1.95. The van der Waals surface area contributed by atoms with Crippen LogP contribution in [0.2, 0.25) is 0 Å². The van der Waals surface area contributed by atoms with Gasteiger partial charge in [0.2, 0.25) is 5.91 Å². The quantitative estimate of drug-likeness (QED) is 0.684. The van der Waals surface area contributed by atoms with Crippen LogP contribution in [0.1, 0.15) is 19.8 Å². The third-order valence-corrected chi connectivity index (χ3v) is 3.32. The Balaban J connectivity index is 2.55. The van der Waals surface area contributed by atoms with Crippen LogP contribution in [0.3, 0.4) is 0 Å². The van der Waals surface area contributed by atoms with E-state index in [0.29, 0.717) is 32.6 Å². The van der Waals surface area contributed by atoms with Crippen LogP contribution in [0.15, 0.2) is 0 Å². The van der Waals surface area contributed by atoms with Crippen LogP contribution in [-0.2, 0) is 14.3 Å². The van der Waals surface area contributed by atoms with Gasteiger partial charge >= 0.3 is 6.18 Å². The van der Waals surface area contributed by atoms with Gasteiger partial charge in [-0.3, -0.25) is 4.79 Å². The maximum Gasteiger partial charge on any atom is 0.406 e. The third kappa shape index (κ3) is 6.62. The Labute approximate surface area is 122 Å². The third-order valence-electron chi connectivity index (χ3n) is 3.32. The van der Waals surface area contributed by atoms with Gasteiger partial charge in [0.1, 0.15) is 6.54 Å². The van der Waals surface area contributed by atoms with Gasteiger partial charge in [-0.2, -0.15) is 13.2 Å². The van der Waals surface area contributed by atoms with Gasteiger partial charge in [0.25, 0.3) is 0 Å². The second kappa shape index (κ2) is 8.55. The second-order valence-corrected chi connectivity index (χ2v) is 4.98. The van der Waals surface area contributed by atoms with Crippen LogP contribution in [0.4, 0.5) is 13.2 Å². The first kappa shape index (κ1) is 18.2. The molecule has 0 aliphatic carbocycles. The summed E-state index contributed by atoms with van der Waals surface area (Å²) >= 11 is 0. The number of nitrogens with one attached hydrogen (secondary N) is 1. The van der Waals surface area contributed by atoms with Gasteiger partial charge in [-0.15, -0.1) is 0 Å². The summed E-state index contributed by atoms with van der Waals surface area (Å²) in [7, 11) is 1.52. The number of halogens is 3. The highest BCUT2D eigenvalue weighted by atomic mass is 19.4. The molecule has 1 saturated heterocycles. The zero-order chi connectivity index (χ0) is 15.9. The van der Waals surface area contributed by atoms with E-state index in [9.17, 15) is 18.0 Å². The molecule has 0 aromatic carbocycles. The predicted octanol–water partition coefficient (Wildman–Crippen LogP) is 1.18. The van der Waals surface area contributed by atoms with Crippen LogP contribution < -0.4 is 5.32 Å². The molecular formula is C13H23F3N2O3. The van der Waals surface area contributed by atoms with Crippen LogP contribution in [0.25, 0.3) is 0 Å². The normalized spacial score (nSPS) is 22.5. The zero-order valence-corrected chi connectivity index (χ0v) is 12.4. The molecule has 1 rings (SSSR count). The molecule has 1 N–H and O–H groups in total. The number of alkyl halides is 3. The minimum atomic E-state index is -4.40. The molecule has 0 saturated carbocycles. The molecule has 0 aromatic heterocycles. The lowest BCUT2D eigenvalue weighted by molar-refractivity contribution is -0.162. The number of methoxy groups -OCH3 is 1. The SMILES string of the molecule is CCOCCCN(CC(F)(F)F)C(=O)C1CC(OC)CN1. The number of rotatable bonds is 8. The Morgan fingerprint density at radius 2 is 2.14 bits per heavy atom.